The smallest absolute Gasteiger partial charge is 0.176 e. The van der Waals surface area contributed by atoms with E-state index in [1.807, 2.05) is 14.1 Å². The number of aromatic nitrogens is 4. The highest BCUT2D eigenvalue weighted by molar-refractivity contribution is 4.89. The molecule has 5 heteroatoms. The Kier molecular flexibility index (Phi) is 4.69. The molecule has 1 atom stereocenters. The Morgan fingerprint density at radius 2 is 2.06 bits per heavy atom. The Hall–Kier alpha value is -0.970. The van der Waals surface area contributed by atoms with Gasteiger partial charge in [-0.1, -0.05) is 26.2 Å². The summed E-state index contributed by atoms with van der Waals surface area (Å²) >= 11 is 0. The van der Waals surface area contributed by atoms with Crippen LogP contribution in [0, 0.1) is 11.8 Å². The van der Waals surface area contributed by atoms with Crippen molar-refractivity contribution >= 4 is 0 Å². The van der Waals surface area contributed by atoms with Gasteiger partial charge in [0.05, 0.1) is 7.05 Å². The lowest BCUT2D eigenvalue weighted by Crippen LogP contribution is -2.38. The van der Waals surface area contributed by atoms with E-state index in [9.17, 15) is 0 Å². The molecule has 1 N–H and O–H groups in total. The van der Waals surface area contributed by atoms with Gasteiger partial charge < -0.3 is 5.32 Å². The van der Waals surface area contributed by atoms with Crippen molar-refractivity contribution in [2.45, 2.75) is 51.5 Å². The second kappa shape index (κ2) is 6.27. The van der Waals surface area contributed by atoms with E-state index in [-0.39, 0.29) is 0 Å². The van der Waals surface area contributed by atoms with Crippen LogP contribution in [0.15, 0.2) is 0 Å². The normalized spacial score (nSPS) is 26.2. The van der Waals surface area contributed by atoms with Gasteiger partial charge in [0, 0.05) is 12.5 Å². The highest BCUT2D eigenvalue weighted by Crippen LogP contribution is 2.32. The van der Waals surface area contributed by atoms with Gasteiger partial charge in [-0.2, -0.15) is 4.80 Å². The predicted molar refractivity (Wildman–Crippen MR) is 71.1 cm³/mol. The van der Waals surface area contributed by atoms with E-state index in [1.165, 1.54) is 36.9 Å². The third kappa shape index (κ3) is 3.28. The van der Waals surface area contributed by atoms with E-state index >= 15 is 0 Å². The first-order valence-electron chi connectivity index (χ1n) is 7.13. The maximum absolute atomic E-state index is 4.28. The molecule has 1 heterocycles. The second-order valence-electron chi connectivity index (χ2n) is 5.48. The molecule has 1 fully saturated rings. The number of tetrazole rings is 1. The summed E-state index contributed by atoms with van der Waals surface area (Å²) in [6.07, 6.45) is 7.67. The zero-order valence-electron chi connectivity index (χ0n) is 11.8. The summed E-state index contributed by atoms with van der Waals surface area (Å²) in [4.78, 5) is 1.54. The van der Waals surface area contributed by atoms with Crippen LogP contribution in [0.25, 0.3) is 0 Å². The van der Waals surface area contributed by atoms with Crippen LogP contribution < -0.4 is 5.32 Å². The zero-order chi connectivity index (χ0) is 13.0. The average molecular weight is 251 g/mol. The summed E-state index contributed by atoms with van der Waals surface area (Å²) in [5.74, 6) is 2.57. The van der Waals surface area contributed by atoms with Crippen molar-refractivity contribution in [1.82, 2.24) is 25.5 Å². The molecule has 1 aliphatic rings. The number of nitrogens with zero attached hydrogens (tertiary/aromatic N) is 4. The fraction of sp³-hybridized carbons (Fsp3) is 0.923. The molecule has 1 aliphatic carbocycles. The highest BCUT2D eigenvalue weighted by atomic mass is 15.6. The highest BCUT2D eigenvalue weighted by Gasteiger charge is 2.27. The number of aryl methyl sites for hydroxylation is 1. The van der Waals surface area contributed by atoms with Gasteiger partial charge in [0.2, 0.25) is 0 Å². The average Bonchev–Trinajstić information content (AvgIpc) is 2.82. The molecule has 0 radical (unpaired) electrons. The topological polar surface area (TPSA) is 55.6 Å². The van der Waals surface area contributed by atoms with Crippen LogP contribution in [-0.4, -0.2) is 33.3 Å². The molecule has 0 saturated heterocycles. The molecule has 1 aromatic rings. The first-order chi connectivity index (χ1) is 8.72. The number of nitrogens with one attached hydrogen (secondary N) is 1. The van der Waals surface area contributed by atoms with E-state index in [4.69, 9.17) is 0 Å². The second-order valence-corrected chi connectivity index (χ2v) is 5.48. The van der Waals surface area contributed by atoms with Crippen molar-refractivity contribution in [3.05, 3.63) is 5.82 Å². The summed E-state index contributed by atoms with van der Waals surface area (Å²) < 4.78 is 0. The van der Waals surface area contributed by atoms with Crippen molar-refractivity contribution in [2.24, 2.45) is 18.9 Å². The quantitative estimate of drug-likeness (QED) is 0.863. The fourth-order valence-corrected chi connectivity index (χ4v) is 3.11. The van der Waals surface area contributed by atoms with Crippen LogP contribution in [0.3, 0.4) is 0 Å². The van der Waals surface area contributed by atoms with Crippen molar-refractivity contribution in [3.8, 4) is 0 Å². The lowest BCUT2D eigenvalue weighted by Gasteiger charge is -2.33. The Labute approximate surface area is 109 Å². The molecule has 5 nitrogen and oxygen atoms in total. The molecular weight excluding hydrogens is 226 g/mol. The summed E-state index contributed by atoms with van der Waals surface area (Å²) in [7, 11) is 3.87. The summed E-state index contributed by atoms with van der Waals surface area (Å²) in [6, 6.07) is 0.493. The molecule has 102 valence electrons. The van der Waals surface area contributed by atoms with E-state index < -0.39 is 0 Å². The van der Waals surface area contributed by atoms with Crippen molar-refractivity contribution in [1.29, 1.82) is 0 Å². The Morgan fingerprint density at radius 1 is 1.33 bits per heavy atom. The van der Waals surface area contributed by atoms with Crippen LogP contribution in [-0.2, 0) is 13.5 Å². The number of rotatable bonds is 5. The largest absolute Gasteiger partial charge is 0.316 e. The maximum atomic E-state index is 4.28. The molecule has 18 heavy (non-hydrogen) atoms. The standard InChI is InChI=1S/C13H25N5/c1-4-10-5-7-11(8-6-10)12(14-2)9-13-15-17-18(3)16-13/h10-12,14H,4-9H2,1-3H3. The van der Waals surface area contributed by atoms with Gasteiger partial charge in [0.1, 0.15) is 0 Å². The Morgan fingerprint density at radius 3 is 2.56 bits per heavy atom. The zero-order valence-corrected chi connectivity index (χ0v) is 11.8. The van der Waals surface area contributed by atoms with E-state index in [0.29, 0.717) is 6.04 Å². The van der Waals surface area contributed by atoms with Gasteiger partial charge >= 0.3 is 0 Å². The van der Waals surface area contributed by atoms with Crippen molar-refractivity contribution < 1.29 is 0 Å². The summed E-state index contributed by atoms with van der Waals surface area (Å²) in [6.45, 7) is 2.31. The predicted octanol–water partition coefficient (Wildman–Crippen LogP) is 1.56. The van der Waals surface area contributed by atoms with Gasteiger partial charge in [-0.15, -0.1) is 10.2 Å². The van der Waals surface area contributed by atoms with Gasteiger partial charge in [-0.05, 0) is 36.9 Å². The van der Waals surface area contributed by atoms with Crippen molar-refractivity contribution in [2.75, 3.05) is 7.05 Å². The molecular formula is C13H25N5. The Bertz CT molecular complexity index is 354. The monoisotopic (exact) mass is 251 g/mol. The maximum Gasteiger partial charge on any atom is 0.176 e. The van der Waals surface area contributed by atoms with Crippen LogP contribution in [0.4, 0.5) is 0 Å². The summed E-state index contributed by atoms with van der Waals surface area (Å²) in [5, 5.41) is 15.7. The minimum atomic E-state index is 0.493. The lowest BCUT2D eigenvalue weighted by molar-refractivity contribution is 0.220. The molecule has 0 aromatic carbocycles. The SMILES string of the molecule is CCC1CCC(C(Cc2nnn(C)n2)NC)CC1. The minimum absolute atomic E-state index is 0.493. The third-order valence-electron chi connectivity index (χ3n) is 4.36. The molecule has 0 amide bonds. The fourth-order valence-electron chi connectivity index (χ4n) is 3.11. The van der Waals surface area contributed by atoms with Crippen LogP contribution in [0.2, 0.25) is 0 Å². The molecule has 0 aliphatic heterocycles. The first-order valence-corrected chi connectivity index (χ1v) is 7.13. The first kappa shape index (κ1) is 13.5. The lowest BCUT2D eigenvalue weighted by atomic mass is 9.77. The molecule has 0 spiro atoms. The minimum Gasteiger partial charge on any atom is -0.316 e. The van der Waals surface area contributed by atoms with Crippen molar-refractivity contribution in [3.63, 3.8) is 0 Å². The number of hydrogen-bond donors (Lipinski definition) is 1. The van der Waals surface area contributed by atoms with Crippen LogP contribution >= 0.6 is 0 Å². The third-order valence-corrected chi connectivity index (χ3v) is 4.36. The molecule has 0 bridgehead atoms. The molecule has 1 saturated carbocycles. The number of hydrogen-bond acceptors (Lipinski definition) is 4. The van der Waals surface area contributed by atoms with E-state index in [0.717, 1.165) is 24.1 Å². The van der Waals surface area contributed by atoms with Crippen LogP contribution in [0.1, 0.15) is 44.9 Å². The van der Waals surface area contributed by atoms with Gasteiger partial charge in [0.15, 0.2) is 5.82 Å². The van der Waals surface area contributed by atoms with E-state index in [1.54, 1.807) is 0 Å². The van der Waals surface area contributed by atoms with Gasteiger partial charge in [-0.25, -0.2) is 0 Å². The van der Waals surface area contributed by atoms with Gasteiger partial charge in [0.25, 0.3) is 0 Å². The van der Waals surface area contributed by atoms with Crippen LogP contribution in [0.5, 0.6) is 0 Å². The molecule has 2 rings (SSSR count). The molecule has 1 aromatic heterocycles. The number of likely N-dealkylation sites (N-methyl/N-ethyl adjacent to an activating group) is 1. The van der Waals surface area contributed by atoms with E-state index in [2.05, 4.69) is 27.7 Å². The van der Waals surface area contributed by atoms with Gasteiger partial charge in [-0.3, -0.25) is 0 Å². The molecule has 1 unspecified atom stereocenters. The Balaban J connectivity index is 1.89. The summed E-state index contributed by atoms with van der Waals surface area (Å²) in [5.41, 5.74) is 0.